The lowest BCUT2D eigenvalue weighted by molar-refractivity contribution is -0.120. The highest BCUT2D eigenvalue weighted by Gasteiger charge is 2.25. The minimum atomic E-state index is -0.650. The van der Waals surface area contributed by atoms with Crippen LogP contribution < -0.4 is 0 Å². The standard InChI is InChI=1S/C22H24N2O/c23-16-21(20-9-5-2-6-10-20)22(25)17-24-13-11-19(12-14-24)15-18-7-3-1-4-8-18/h1-10,19,21H,11-15,17H2. The zero-order valence-corrected chi connectivity index (χ0v) is 14.5. The van der Waals surface area contributed by atoms with E-state index in [1.165, 1.54) is 5.56 Å². The van der Waals surface area contributed by atoms with Gasteiger partial charge in [-0.2, -0.15) is 5.26 Å². The van der Waals surface area contributed by atoms with Gasteiger partial charge in [0.1, 0.15) is 5.92 Å². The summed E-state index contributed by atoms with van der Waals surface area (Å²) in [5.41, 5.74) is 2.19. The molecular weight excluding hydrogens is 308 g/mol. The first-order valence-corrected chi connectivity index (χ1v) is 9.00. The van der Waals surface area contributed by atoms with Crippen LogP contribution in [-0.2, 0) is 11.2 Å². The SMILES string of the molecule is N#CC(C(=O)CN1CCC(Cc2ccccc2)CC1)c1ccccc1. The number of nitrogens with zero attached hydrogens (tertiary/aromatic N) is 2. The first-order valence-electron chi connectivity index (χ1n) is 9.00. The van der Waals surface area contributed by atoms with Crippen LogP contribution in [0, 0.1) is 17.2 Å². The molecule has 1 unspecified atom stereocenters. The third-order valence-corrected chi connectivity index (χ3v) is 5.04. The predicted octanol–water partition coefficient (Wildman–Crippen LogP) is 3.82. The monoisotopic (exact) mass is 332 g/mol. The first kappa shape index (κ1) is 17.4. The molecule has 1 fully saturated rings. The van der Waals surface area contributed by atoms with Crippen LogP contribution in [0.15, 0.2) is 60.7 Å². The molecule has 1 aliphatic heterocycles. The van der Waals surface area contributed by atoms with E-state index >= 15 is 0 Å². The molecule has 128 valence electrons. The average molecular weight is 332 g/mol. The van der Waals surface area contributed by atoms with Crippen LogP contribution in [-0.4, -0.2) is 30.3 Å². The molecule has 0 saturated carbocycles. The number of carbonyl (C=O) groups excluding carboxylic acids is 1. The zero-order chi connectivity index (χ0) is 17.5. The number of Topliss-reactive ketones (excluding diaryl/α,β-unsaturated/α-hetero) is 1. The molecule has 25 heavy (non-hydrogen) atoms. The normalized spacial score (nSPS) is 16.9. The molecule has 0 N–H and O–H groups in total. The Balaban J connectivity index is 1.50. The molecular formula is C22H24N2O. The van der Waals surface area contributed by atoms with Crippen molar-refractivity contribution in [1.82, 2.24) is 4.90 Å². The maximum absolute atomic E-state index is 12.6. The van der Waals surface area contributed by atoms with E-state index in [2.05, 4.69) is 41.3 Å². The first-order chi connectivity index (χ1) is 12.3. The Bertz CT molecular complexity index is 713. The summed E-state index contributed by atoms with van der Waals surface area (Å²) in [6, 6.07) is 22.2. The Morgan fingerprint density at radius 1 is 1.04 bits per heavy atom. The van der Waals surface area contributed by atoms with Gasteiger partial charge in [0, 0.05) is 0 Å². The van der Waals surface area contributed by atoms with Crippen LogP contribution in [0.4, 0.5) is 0 Å². The van der Waals surface area contributed by atoms with E-state index in [4.69, 9.17) is 0 Å². The molecule has 3 rings (SSSR count). The predicted molar refractivity (Wildman–Crippen MR) is 99.1 cm³/mol. The molecule has 0 bridgehead atoms. The summed E-state index contributed by atoms with van der Waals surface area (Å²) < 4.78 is 0. The van der Waals surface area contributed by atoms with Crippen molar-refractivity contribution in [3.63, 3.8) is 0 Å². The lowest BCUT2D eigenvalue weighted by atomic mass is 9.89. The van der Waals surface area contributed by atoms with Crippen molar-refractivity contribution in [1.29, 1.82) is 5.26 Å². The number of rotatable bonds is 6. The second-order valence-corrected chi connectivity index (χ2v) is 6.85. The molecule has 2 aromatic carbocycles. The van der Waals surface area contributed by atoms with Crippen LogP contribution >= 0.6 is 0 Å². The van der Waals surface area contributed by atoms with E-state index < -0.39 is 5.92 Å². The molecule has 1 atom stereocenters. The quantitative estimate of drug-likeness (QED) is 0.808. The molecule has 0 spiro atoms. The van der Waals surface area contributed by atoms with Crippen molar-refractivity contribution in [2.45, 2.75) is 25.2 Å². The summed E-state index contributed by atoms with van der Waals surface area (Å²) in [6.07, 6.45) is 3.35. The molecule has 1 heterocycles. The minimum absolute atomic E-state index is 0.00945. The lowest BCUT2D eigenvalue weighted by Crippen LogP contribution is -2.39. The van der Waals surface area contributed by atoms with Gasteiger partial charge in [0.25, 0.3) is 0 Å². The third kappa shape index (κ3) is 4.78. The largest absolute Gasteiger partial charge is 0.296 e. The molecule has 1 saturated heterocycles. The summed E-state index contributed by atoms with van der Waals surface area (Å²) in [4.78, 5) is 14.8. The summed E-state index contributed by atoms with van der Waals surface area (Å²) in [5.74, 6) is 0.0492. The Labute approximate surface area is 149 Å². The van der Waals surface area contributed by atoms with Gasteiger partial charge in [0.05, 0.1) is 12.6 Å². The number of piperidine rings is 1. The molecule has 0 aromatic heterocycles. The van der Waals surface area contributed by atoms with Crippen LogP contribution in [0.25, 0.3) is 0 Å². The summed E-state index contributed by atoms with van der Waals surface area (Å²) >= 11 is 0. The Morgan fingerprint density at radius 2 is 1.64 bits per heavy atom. The van der Waals surface area contributed by atoms with Crippen LogP contribution in [0.3, 0.4) is 0 Å². The number of likely N-dealkylation sites (tertiary alicyclic amines) is 1. The molecule has 3 heteroatoms. The molecule has 0 aliphatic carbocycles. The minimum Gasteiger partial charge on any atom is -0.296 e. The van der Waals surface area contributed by atoms with Crippen molar-refractivity contribution in [2.24, 2.45) is 5.92 Å². The van der Waals surface area contributed by atoms with Gasteiger partial charge in [-0.25, -0.2) is 0 Å². The second-order valence-electron chi connectivity index (χ2n) is 6.85. The van der Waals surface area contributed by atoms with Crippen molar-refractivity contribution >= 4 is 5.78 Å². The molecule has 2 aromatic rings. The highest BCUT2D eigenvalue weighted by molar-refractivity contribution is 5.90. The maximum atomic E-state index is 12.6. The van der Waals surface area contributed by atoms with E-state index in [1.54, 1.807) is 0 Å². The topological polar surface area (TPSA) is 44.1 Å². The highest BCUT2D eigenvalue weighted by atomic mass is 16.1. The van der Waals surface area contributed by atoms with Crippen molar-refractivity contribution in [3.8, 4) is 6.07 Å². The van der Waals surface area contributed by atoms with E-state index in [9.17, 15) is 10.1 Å². The molecule has 1 aliphatic rings. The van der Waals surface area contributed by atoms with Gasteiger partial charge in [0.15, 0.2) is 5.78 Å². The van der Waals surface area contributed by atoms with Crippen molar-refractivity contribution < 1.29 is 4.79 Å². The van der Waals surface area contributed by atoms with E-state index in [1.807, 2.05) is 30.3 Å². The molecule has 0 amide bonds. The Kier molecular flexibility index (Phi) is 5.98. The van der Waals surface area contributed by atoms with Gasteiger partial charge in [-0.05, 0) is 49.4 Å². The van der Waals surface area contributed by atoms with Gasteiger partial charge in [-0.1, -0.05) is 60.7 Å². The highest BCUT2D eigenvalue weighted by Crippen LogP contribution is 2.23. The maximum Gasteiger partial charge on any atom is 0.168 e. The number of benzene rings is 2. The zero-order valence-electron chi connectivity index (χ0n) is 14.5. The average Bonchev–Trinajstić information content (AvgIpc) is 2.66. The van der Waals surface area contributed by atoms with Crippen molar-refractivity contribution in [2.75, 3.05) is 19.6 Å². The third-order valence-electron chi connectivity index (χ3n) is 5.04. The number of nitriles is 1. The van der Waals surface area contributed by atoms with E-state index in [-0.39, 0.29) is 5.78 Å². The van der Waals surface area contributed by atoms with Crippen LogP contribution in [0.1, 0.15) is 29.9 Å². The number of carbonyl (C=O) groups is 1. The van der Waals surface area contributed by atoms with Gasteiger partial charge in [-0.15, -0.1) is 0 Å². The van der Waals surface area contributed by atoms with Crippen LogP contribution in [0.2, 0.25) is 0 Å². The fourth-order valence-corrected chi connectivity index (χ4v) is 3.59. The Hall–Kier alpha value is -2.44. The number of ketones is 1. The number of hydrogen-bond donors (Lipinski definition) is 0. The Morgan fingerprint density at radius 3 is 2.24 bits per heavy atom. The van der Waals surface area contributed by atoms with Crippen LogP contribution in [0.5, 0.6) is 0 Å². The van der Waals surface area contributed by atoms with Gasteiger partial charge >= 0.3 is 0 Å². The lowest BCUT2D eigenvalue weighted by Gasteiger charge is -2.32. The molecule has 0 radical (unpaired) electrons. The fourth-order valence-electron chi connectivity index (χ4n) is 3.59. The summed E-state index contributed by atoms with van der Waals surface area (Å²) in [7, 11) is 0. The second kappa shape index (κ2) is 8.60. The van der Waals surface area contributed by atoms with Crippen molar-refractivity contribution in [3.05, 3.63) is 71.8 Å². The summed E-state index contributed by atoms with van der Waals surface area (Å²) in [6.45, 7) is 2.26. The van der Waals surface area contributed by atoms with Gasteiger partial charge < -0.3 is 0 Å². The summed E-state index contributed by atoms with van der Waals surface area (Å²) in [5, 5.41) is 9.40. The smallest absolute Gasteiger partial charge is 0.168 e. The fraction of sp³-hybridized carbons (Fsp3) is 0.364. The van der Waals surface area contributed by atoms with Gasteiger partial charge in [-0.3, -0.25) is 9.69 Å². The van der Waals surface area contributed by atoms with E-state index in [0.717, 1.165) is 37.9 Å². The molecule has 3 nitrogen and oxygen atoms in total. The van der Waals surface area contributed by atoms with Gasteiger partial charge in [0.2, 0.25) is 0 Å². The van der Waals surface area contributed by atoms with E-state index in [0.29, 0.717) is 12.5 Å². The number of hydrogen-bond acceptors (Lipinski definition) is 3.